The highest BCUT2D eigenvalue weighted by Crippen LogP contribution is 2.16. The summed E-state index contributed by atoms with van der Waals surface area (Å²) in [6.45, 7) is 2.80. The minimum absolute atomic E-state index is 0.187. The van der Waals surface area contributed by atoms with Gasteiger partial charge < -0.3 is 5.73 Å². The van der Waals surface area contributed by atoms with E-state index in [9.17, 15) is 4.39 Å². The molecular weight excluding hydrogens is 211 g/mol. The monoisotopic (exact) mass is 226 g/mol. The molecule has 1 heterocycles. The van der Waals surface area contributed by atoms with Gasteiger partial charge in [0.15, 0.2) is 0 Å². The summed E-state index contributed by atoms with van der Waals surface area (Å²) >= 11 is 1.96. The lowest BCUT2D eigenvalue weighted by Gasteiger charge is -2.26. The van der Waals surface area contributed by atoms with E-state index in [-0.39, 0.29) is 5.82 Å². The Hall–Kier alpha value is -0.740. The first-order chi connectivity index (χ1) is 7.25. The van der Waals surface area contributed by atoms with Crippen LogP contribution in [0.4, 0.5) is 10.1 Å². The van der Waals surface area contributed by atoms with Gasteiger partial charge in [0.2, 0.25) is 0 Å². The van der Waals surface area contributed by atoms with Crippen LogP contribution in [0, 0.1) is 5.82 Å². The van der Waals surface area contributed by atoms with Crippen molar-refractivity contribution in [1.82, 2.24) is 4.90 Å². The Balaban J connectivity index is 2.03. The molecule has 1 aromatic rings. The first-order valence-corrected chi connectivity index (χ1v) is 6.25. The fourth-order valence-corrected chi connectivity index (χ4v) is 2.67. The Morgan fingerprint density at radius 1 is 1.33 bits per heavy atom. The summed E-state index contributed by atoms with van der Waals surface area (Å²) in [5.74, 6) is 2.11. The number of benzene rings is 1. The van der Waals surface area contributed by atoms with E-state index in [0.29, 0.717) is 12.2 Å². The molecule has 0 atom stereocenters. The molecule has 0 saturated carbocycles. The first-order valence-electron chi connectivity index (χ1n) is 5.10. The molecule has 0 bridgehead atoms. The molecule has 0 radical (unpaired) electrons. The molecule has 1 aliphatic heterocycles. The summed E-state index contributed by atoms with van der Waals surface area (Å²) in [5, 5.41) is 0. The molecule has 15 heavy (non-hydrogen) atoms. The Kier molecular flexibility index (Phi) is 3.49. The second-order valence-electron chi connectivity index (χ2n) is 3.74. The molecule has 0 spiro atoms. The van der Waals surface area contributed by atoms with Crippen LogP contribution in [0.1, 0.15) is 5.56 Å². The SMILES string of the molecule is Nc1ccc(CN2CCSCC2)c(F)c1. The van der Waals surface area contributed by atoms with Gasteiger partial charge in [0.1, 0.15) is 5.82 Å². The van der Waals surface area contributed by atoms with Gasteiger partial charge in [-0.1, -0.05) is 6.07 Å². The van der Waals surface area contributed by atoms with Gasteiger partial charge in [-0.15, -0.1) is 0 Å². The van der Waals surface area contributed by atoms with Crippen LogP contribution in [-0.4, -0.2) is 29.5 Å². The van der Waals surface area contributed by atoms with Crippen molar-refractivity contribution in [2.24, 2.45) is 0 Å². The molecule has 4 heteroatoms. The van der Waals surface area contributed by atoms with Gasteiger partial charge in [-0.3, -0.25) is 4.90 Å². The van der Waals surface area contributed by atoms with E-state index in [1.165, 1.54) is 6.07 Å². The predicted octanol–water partition coefficient (Wildman–Crippen LogP) is 1.96. The van der Waals surface area contributed by atoms with E-state index in [1.807, 2.05) is 11.8 Å². The summed E-state index contributed by atoms with van der Waals surface area (Å²) < 4.78 is 13.5. The molecule has 2 rings (SSSR count). The van der Waals surface area contributed by atoms with Crippen molar-refractivity contribution in [3.8, 4) is 0 Å². The maximum Gasteiger partial charge on any atom is 0.129 e. The molecular formula is C11H15FN2S. The van der Waals surface area contributed by atoms with Crippen molar-refractivity contribution in [3.05, 3.63) is 29.6 Å². The topological polar surface area (TPSA) is 29.3 Å². The van der Waals surface area contributed by atoms with Gasteiger partial charge in [0.05, 0.1) is 0 Å². The van der Waals surface area contributed by atoms with Crippen LogP contribution in [0.25, 0.3) is 0 Å². The Bertz CT molecular complexity index is 337. The normalized spacial score (nSPS) is 17.9. The van der Waals surface area contributed by atoms with Crippen LogP contribution in [-0.2, 0) is 6.54 Å². The maximum absolute atomic E-state index is 13.5. The molecule has 1 aliphatic rings. The third-order valence-electron chi connectivity index (χ3n) is 2.57. The van der Waals surface area contributed by atoms with E-state index in [4.69, 9.17) is 5.73 Å². The van der Waals surface area contributed by atoms with Gasteiger partial charge >= 0.3 is 0 Å². The van der Waals surface area contributed by atoms with Crippen LogP contribution in [0.2, 0.25) is 0 Å². The number of hydrogen-bond donors (Lipinski definition) is 1. The summed E-state index contributed by atoms with van der Waals surface area (Å²) in [6, 6.07) is 4.94. The van der Waals surface area contributed by atoms with E-state index < -0.39 is 0 Å². The summed E-state index contributed by atoms with van der Waals surface area (Å²) in [6.07, 6.45) is 0. The van der Waals surface area contributed by atoms with Crippen molar-refractivity contribution in [1.29, 1.82) is 0 Å². The van der Waals surface area contributed by atoms with Crippen LogP contribution >= 0.6 is 11.8 Å². The molecule has 82 valence electrons. The highest BCUT2D eigenvalue weighted by atomic mass is 32.2. The van der Waals surface area contributed by atoms with Crippen LogP contribution in [0.3, 0.4) is 0 Å². The van der Waals surface area contributed by atoms with E-state index in [0.717, 1.165) is 30.2 Å². The summed E-state index contributed by atoms with van der Waals surface area (Å²) in [4.78, 5) is 2.28. The molecule has 0 aliphatic carbocycles. The number of nitrogens with two attached hydrogens (primary N) is 1. The molecule has 2 nitrogen and oxygen atoms in total. The second kappa shape index (κ2) is 4.86. The standard InChI is InChI=1S/C11H15FN2S/c12-11-7-10(13)2-1-9(11)8-14-3-5-15-6-4-14/h1-2,7H,3-6,8,13H2. The zero-order valence-electron chi connectivity index (χ0n) is 8.58. The lowest BCUT2D eigenvalue weighted by atomic mass is 10.2. The molecule has 0 aromatic heterocycles. The molecule has 1 aromatic carbocycles. The quantitative estimate of drug-likeness (QED) is 0.782. The Morgan fingerprint density at radius 3 is 2.73 bits per heavy atom. The fourth-order valence-electron chi connectivity index (χ4n) is 1.69. The third kappa shape index (κ3) is 2.86. The lowest BCUT2D eigenvalue weighted by molar-refractivity contribution is 0.290. The van der Waals surface area contributed by atoms with Gasteiger partial charge in [-0.05, 0) is 12.1 Å². The number of nitrogen functional groups attached to an aromatic ring is 1. The highest BCUT2D eigenvalue weighted by molar-refractivity contribution is 7.99. The van der Waals surface area contributed by atoms with Crippen molar-refractivity contribution < 1.29 is 4.39 Å². The van der Waals surface area contributed by atoms with Crippen LogP contribution in [0.5, 0.6) is 0 Å². The van der Waals surface area contributed by atoms with Crippen molar-refractivity contribution in [2.45, 2.75) is 6.54 Å². The third-order valence-corrected chi connectivity index (χ3v) is 3.52. The Labute approximate surface area is 93.6 Å². The van der Waals surface area contributed by atoms with Gasteiger partial charge in [0, 0.05) is 42.4 Å². The van der Waals surface area contributed by atoms with Crippen molar-refractivity contribution >= 4 is 17.4 Å². The zero-order chi connectivity index (χ0) is 10.7. The molecule has 2 N–H and O–H groups in total. The van der Waals surface area contributed by atoms with E-state index >= 15 is 0 Å². The van der Waals surface area contributed by atoms with E-state index in [2.05, 4.69) is 4.90 Å². The minimum atomic E-state index is -0.187. The maximum atomic E-state index is 13.5. The molecule has 1 saturated heterocycles. The summed E-state index contributed by atoms with van der Waals surface area (Å²) in [5.41, 5.74) is 6.74. The van der Waals surface area contributed by atoms with Crippen molar-refractivity contribution in [3.63, 3.8) is 0 Å². The van der Waals surface area contributed by atoms with Gasteiger partial charge in [0.25, 0.3) is 0 Å². The highest BCUT2D eigenvalue weighted by Gasteiger charge is 2.12. The first kappa shape index (κ1) is 10.8. The smallest absolute Gasteiger partial charge is 0.129 e. The summed E-state index contributed by atoms with van der Waals surface area (Å²) in [7, 11) is 0. The van der Waals surface area contributed by atoms with Gasteiger partial charge in [-0.2, -0.15) is 11.8 Å². The number of nitrogens with zero attached hydrogens (tertiary/aromatic N) is 1. The van der Waals surface area contributed by atoms with Gasteiger partial charge in [-0.25, -0.2) is 4.39 Å². The minimum Gasteiger partial charge on any atom is -0.399 e. The van der Waals surface area contributed by atoms with E-state index in [1.54, 1.807) is 12.1 Å². The molecule has 1 fully saturated rings. The number of anilines is 1. The largest absolute Gasteiger partial charge is 0.399 e. The van der Waals surface area contributed by atoms with Crippen molar-refractivity contribution in [2.75, 3.05) is 30.3 Å². The number of thioether (sulfide) groups is 1. The number of hydrogen-bond acceptors (Lipinski definition) is 3. The molecule has 0 unspecified atom stereocenters. The number of rotatable bonds is 2. The van der Waals surface area contributed by atoms with Crippen LogP contribution < -0.4 is 5.73 Å². The lowest BCUT2D eigenvalue weighted by Crippen LogP contribution is -2.32. The zero-order valence-corrected chi connectivity index (χ0v) is 9.39. The number of halogens is 1. The predicted molar refractivity (Wildman–Crippen MR) is 63.4 cm³/mol. The Morgan fingerprint density at radius 2 is 2.07 bits per heavy atom. The fraction of sp³-hybridized carbons (Fsp3) is 0.455. The second-order valence-corrected chi connectivity index (χ2v) is 4.96. The average Bonchev–Trinajstić information content (AvgIpc) is 2.24. The molecule has 0 amide bonds. The average molecular weight is 226 g/mol. The van der Waals surface area contributed by atoms with Crippen LogP contribution in [0.15, 0.2) is 18.2 Å².